The van der Waals surface area contributed by atoms with Crippen LogP contribution in [0.25, 0.3) is 0 Å². The first-order valence-corrected chi connectivity index (χ1v) is 8.69. The van der Waals surface area contributed by atoms with Gasteiger partial charge in [0, 0.05) is 24.4 Å². The van der Waals surface area contributed by atoms with E-state index in [0.29, 0.717) is 24.4 Å². The summed E-state index contributed by atoms with van der Waals surface area (Å²) < 4.78 is 5.06. The number of carbonyl (C=O) groups is 3. The van der Waals surface area contributed by atoms with E-state index in [1.54, 1.807) is 24.3 Å². The summed E-state index contributed by atoms with van der Waals surface area (Å²) in [5, 5.41) is 2.83. The van der Waals surface area contributed by atoms with Gasteiger partial charge in [-0.3, -0.25) is 9.59 Å². The van der Waals surface area contributed by atoms with Gasteiger partial charge in [-0.25, -0.2) is 4.79 Å². The first-order chi connectivity index (χ1) is 12.0. The first-order valence-electron chi connectivity index (χ1n) is 8.69. The zero-order chi connectivity index (χ0) is 18.2. The van der Waals surface area contributed by atoms with Gasteiger partial charge in [0.15, 0.2) is 6.54 Å². The van der Waals surface area contributed by atoms with Crippen molar-refractivity contribution in [2.45, 2.75) is 26.2 Å². The van der Waals surface area contributed by atoms with Gasteiger partial charge in [0.25, 0.3) is 5.91 Å². The van der Waals surface area contributed by atoms with Crippen molar-refractivity contribution in [2.24, 2.45) is 11.7 Å². The molecule has 1 heterocycles. The minimum absolute atomic E-state index is 0.0631. The van der Waals surface area contributed by atoms with Gasteiger partial charge in [-0.15, -0.1) is 0 Å². The summed E-state index contributed by atoms with van der Waals surface area (Å²) in [5.74, 6) is -0.761. The molecule has 4 N–H and O–H groups in total. The number of carbonyl (C=O) groups excluding carboxylic acids is 3. The summed E-state index contributed by atoms with van der Waals surface area (Å²) in [6.45, 7) is 4.22. The molecule has 0 radical (unpaired) electrons. The minimum Gasteiger partial charge on any atom is -0.462 e. The largest absolute Gasteiger partial charge is 0.462 e. The number of piperidine rings is 1. The van der Waals surface area contributed by atoms with Crippen LogP contribution in [0.5, 0.6) is 0 Å². The number of hydrogen-bond donors (Lipinski definition) is 3. The summed E-state index contributed by atoms with van der Waals surface area (Å²) in [6.07, 6.45) is 2.23. The Morgan fingerprint density at radius 1 is 1.20 bits per heavy atom. The van der Waals surface area contributed by atoms with E-state index in [4.69, 9.17) is 10.5 Å². The lowest BCUT2D eigenvalue weighted by atomic mass is 9.96. The Morgan fingerprint density at radius 2 is 1.84 bits per heavy atom. The molecule has 25 heavy (non-hydrogen) atoms. The molecule has 0 aliphatic carbocycles. The molecule has 7 heteroatoms. The van der Waals surface area contributed by atoms with E-state index >= 15 is 0 Å². The van der Waals surface area contributed by atoms with Gasteiger partial charge < -0.3 is 20.7 Å². The third kappa shape index (κ3) is 5.86. The Balaban J connectivity index is 1.79. The molecular weight excluding hydrogens is 322 g/mol. The maximum Gasteiger partial charge on any atom is 0.338 e. The van der Waals surface area contributed by atoms with Gasteiger partial charge in [0.1, 0.15) is 0 Å². The molecule has 2 amide bonds. The summed E-state index contributed by atoms with van der Waals surface area (Å²) in [7, 11) is 0. The average Bonchev–Trinajstić information content (AvgIpc) is 2.60. The molecule has 1 saturated heterocycles. The molecule has 1 fully saturated rings. The number of likely N-dealkylation sites (tertiary alicyclic amines) is 1. The molecule has 1 aromatic carbocycles. The number of ether oxygens (including phenoxy) is 1. The van der Waals surface area contributed by atoms with Crippen LogP contribution in [0.1, 0.15) is 36.5 Å². The van der Waals surface area contributed by atoms with E-state index in [0.717, 1.165) is 37.3 Å². The lowest BCUT2D eigenvalue weighted by molar-refractivity contribution is -0.897. The highest BCUT2D eigenvalue weighted by atomic mass is 16.5. The summed E-state index contributed by atoms with van der Waals surface area (Å²) >= 11 is 0. The summed E-state index contributed by atoms with van der Waals surface area (Å²) in [4.78, 5) is 36.2. The standard InChI is InChI=1S/C18H25N3O4/c1-2-11-25-18(24)14-3-5-15(6-4-14)20-16(22)12-21-9-7-13(8-10-21)17(19)23/h3-6,13H,2,7-12H2,1H3,(H2,19,23)(H,20,22)/p+1. The van der Waals surface area contributed by atoms with Crippen molar-refractivity contribution in [1.29, 1.82) is 0 Å². The second kappa shape index (κ2) is 9.17. The van der Waals surface area contributed by atoms with Gasteiger partial charge in [-0.05, 0) is 30.7 Å². The number of nitrogens with two attached hydrogens (primary N) is 1. The SMILES string of the molecule is CCCOC(=O)c1ccc(NC(=O)C[NH+]2CCC(C(N)=O)CC2)cc1. The molecule has 0 spiro atoms. The molecular formula is C18H26N3O4+. The molecule has 7 nitrogen and oxygen atoms in total. The van der Waals surface area contributed by atoms with E-state index in [2.05, 4.69) is 5.32 Å². The number of primary amides is 1. The molecule has 0 aromatic heterocycles. The molecule has 0 unspecified atom stereocenters. The maximum atomic E-state index is 12.1. The highest BCUT2D eigenvalue weighted by Gasteiger charge is 2.26. The zero-order valence-electron chi connectivity index (χ0n) is 14.5. The van der Waals surface area contributed by atoms with Crippen molar-refractivity contribution >= 4 is 23.5 Å². The Bertz CT molecular complexity index is 607. The highest BCUT2D eigenvalue weighted by Crippen LogP contribution is 2.11. The van der Waals surface area contributed by atoms with Crippen LogP contribution in [0.4, 0.5) is 5.69 Å². The second-order valence-corrected chi connectivity index (χ2v) is 6.36. The van der Waals surface area contributed by atoms with Crippen LogP contribution in [-0.4, -0.2) is 44.0 Å². The lowest BCUT2D eigenvalue weighted by Crippen LogP contribution is -3.14. The Labute approximate surface area is 147 Å². The monoisotopic (exact) mass is 348 g/mol. The van der Waals surface area contributed by atoms with Gasteiger partial charge >= 0.3 is 5.97 Å². The quantitative estimate of drug-likeness (QED) is 0.602. The van der Waals surface area contributed by atoms with Crippen molar-refractivity contribution in [3.05, 3.63) is 29.8 Å². The smallest absolute Gasteiger partial charge is 0.338 e. The number of quaternary nitrogens is 1. The summed E-state index contributed by atoms with van der Waals surface area (Å²) in [5.41, 5.74) is 6.42. The van der Waals surface area contributed by atoms with E-state index in [-0.39, 0.29) is 23.7 Å². The lowest BCUT2D eigenvalue weighted by Gasteiger charge is -2.27. The molecule has 0 bridgehead atoms. The van der Waals surface area contributed by atoms with Gasteiger partial charge in [-0.1, -0.05) is 6.92 Å². The number of rotatable bonds is 7. The van der Waals surface area contributed by atoms with E-state index < -0.39 is 0 Å². The summed E-state index contributed by atoms with van der Waals surface area (Å²) in [6, 6.07) is 6.65. The maximum absolute atomic E-state index is 12.1. The predicted octanol–water partition coefficient (Wildman–Crippen LogP) is -0.0279. The third-order valence-electron chi connectivity index (χ3n) is 4.35. The highest BCUT2D eigenvalue weighted by molar-refractivity contribution is 5.93. The van der Waals surface area contributed by atoms with E-state index in [1.807, 2.05) is 6.92 Å². The molecule has 0 atom stereocenters. The molecule has 1 aromatic rings. The molecule has 0 saturated carbocycles. The average molecular weight is 348 g/mol. The van der Waals surface area contributed by atoms with Crippen molar-refractivity contribution in [3.63, 3.8) is 0 Å². The molecule has 136 valence electrons. The molecule has 2 rings (SSSR count). The number of nitrogens with one attached hydrogen (secondary N) is 2. The molecule has 1 aliphatic rings. The normalized spacial score (nSPS) is 19.9. The Kier molecular flexibility index (Phi) is 6.94. The fraction of sp³-hybridized carbons (Fsp3) is 0.500. The number of amides is 2. The first kappa shape index (κ1) is 18.9. The van der Waals surface area contributed by atoms with E-state index in [9.17, 15) is 14.4 Å². The van der Waals surface area contributed by atoms with Crippen LogP contribution >= 0.6 is 0 Å². The van der Waals surface area contributed by atoms with Crippen LogP contribution < -0.4 is 16.0 Å². The van der Waals surface area contributed by atoms with Crippen molar-refractivity contribution in [2.75, 3.05) is 31.6 Å². The molecule has 1 aliphatic heterocycles. The Morgan fingerprint density at radius 3 is 2.40 bits per heavy atom. The number of anilines is 1. The zero-order valence-corrected chi connectivity index (χ0v) is 14.5. The Hall–Kier alpha value is -2.41. The van der Waals surface area contributed by atoms with Crippen LogP contribution in [0.3, 0.4) is 0 Å². The fourth-order valence-electron chi connectivity index (χ4n) is 2.89. The van der Waals surface area contributed by atoms with Crippen LogP contribution in [0.2, 0.25) is 0 Å². The van der Waals surface area contributed by atoms with Crippen LogP contribution in [-0.2, 0) is 14.3 Å². The third-order valence-corrected chi connectivity index (χ3v) is 4.35. The second-order valence-electron chi connectivity index (χ2n) is 6.36. The predicted molar refractivity (Wildman–Crippen MR) is 93.1 cm³/mol. The fourth-order valence-corrected chi connectivity index (χ4v) is 2.89. The van der Waals surface area contributed by atoms with Gasteiger partial charge in [0.05, 0.1) is 25.3 Å². The number of hydrogen-bond acceptors (Lipinski definition) is 4. The minimum atomic E-state index is -0.360. The number of esters is 1. The van der Waals surface area contributed by atoms with Crippen molar-refractivity contribution in [1.82, 2.24) is 0 Å². The van der Waals surface area contributed by atoms with Crippen LogP contribution in [0.15, 0.2) is 24.3 Å². The van der Waals surface area contributed by atoms with E-state index in [1.165, 1.54) is 0 Å². The van der Waals surface area contributed by atoms with Crippen LogP contribution in [0, 0.1) is 5.92 Å². The topological polar surface area (TPSA) is 103 Å². The van der Waals surface area contributed by atoms with Gasteiger partial charge in [-0.2, -0.15) is 0 Å². The van der Waals surface area contributed by atoms with Crippen molar-refractivity contribution in [3.8, 4) is 0 Å². The van der Waals surface area contributed by atoms with Gasteiger partial charge in [0.2, 0.25) is 5.91 Å². The number of benzene rings is 1. The van der Waals surface area contributed by atoms with Crippen molar-refractivity contribution < 1.29 is 24.0 Å².